The summed E-state index contributed by atoms with van der Waals surface area (Å²) in [7, 11) is 2.96. The van der Waals surface area contributed by atoms with Gasteiger partial charge in [0.25, 0.3) is 0 Å². The number of rotatable bonds is 2. The van der Waals surface area contributed by atoms with E-state index in [1.807, 2.05) is 0 Å². The van der Waals surface area contributed by atoms with E-state index in [9.17, 15) is 9.59 Å². The first kappa shape index (κ1) is 11.3. The molecule has 2 rings (SSSR count). The maximum atomic E-state index is 11.3. The highest BCUT2D eigenvalue weighted by Gasteiger charge is 2.21. The molecule has 1 aromatic carbocycles. The first-order valence-electron chi connectivity index (χ1n) is 5.14. The molecule has 1 amide bonds. The fourth-order valence-corrected chi connectivity index (χ4v) is 1.61. The van der Waals surface area contributed by atoms with Gasteiger partial charge >= 0.3 is 5.97 Å². The maximum Gasteiger partial charge on any atom is 0.337 e. The Bertz CT molecular complexity index is 491. The third-order valence-corrected chi connectivity index (χ3v) is 2.59. The van der Waals surface area contributed by atoms with Crippen molar-refractivity contribution in [3.05, 3.63) is 35.4 Å². The number of carbonyl (C=O) groups excluding carboxylic acids is 2. The lowest BCUT2D eigenvalue weighted by atomic mass is 10.1. The second-order valence-corrected chi connectivity index (χ2v) is 3.71. The predicted molar refractivity (Wildman–Crippen MR) is 61.7 cm³/mol. The number of benzene rings is 1. The molecule has 0 fully saturated rings. The number of esters is 1. The van der Waals surface area contributed by atoms with Crippen LogP contribution in [0.25, 0.3) is 0 Å². The van der Waals surface area contributed by atoms with Gasteiger partial charge in [-0.2, -0.15) is 5.10 Å². The predicted octanol–water partition coefficient (Wildman–Crippen LogP) is 1.04. The van der Waals surface area contributed by atoms with Crippen LogP contribution >= 0.6 is 0 Å². The molecule has 1 aromatic rings. The molecule has 17 heavy (non-hydrogen) atoms. The molecule has 1 aliphatic heterocycles. The lowest BCUT2D eigenvalue weighted by Gasteiger charge is -2.01. The van der Waals surface area contributed by atoms with Gasteiger partial charge in [-0.05, 0) is 17.7 Å². The van der Waals surface area contributed by atoms with Crippen molar-refractivity contribution in [3.8, 4) is 0 Å². The minimum absolute atomic E-state index is 0.0305. The van der Waals surface area contributed by atoms with Gasteiger partial charge in [-0.1, -0.05) is 12.1 Å². The summed E-state index contributed by atoms with van der Waals surface area (Å²) in [4.78, 5) is 22.6. The van der Waals surface area contributed by atoms with Crippen molar-refractivity contribution < 1.29 is 14.3 Å². The van der Waals surface area contributed by atoms with Crippen LogP contribution in [-0.2, 0) is 9.53 Å². The average molecular weight is 232 g/mol. The molecular formula is C12H12N2O3. The number of methoxy groups -OCH3 is 1. The van der Waals surface area contributed by atoms with Crippen LogP contribution in [0.3, 0.4) is 0 Å². The summed E-state index contributed by atoms with van der Waals surface area (Å²) in [6.45, 7) is 0. The standard InChI is InChI=1S/C12H12N2O3/c1-14-11(15)7-10(13-14)8-3-5-9(6-4-8)12(16)17-2/h3-6H,7H2,1-2H3. The summed E-state index contributed by atoms with van der Waals surface area (Å²) in [5.41, 5.74) is 2.04. The Labute approximate surface area is 98.7 Å². The zero-order valence-electron chi connectivity index (χ0n) is 9.64. The van der Waals surface area contributed by atoms with Crippen molar-refractivity contribution in [2.24, 2.45) is 5.10 Å². The van der Waals surface area contributed by atoms with Crippen LogP contribution in [0.1, 0.15) is 22.3 Å². The summed E-state index contributed by atoms with van der Waals surface area (Å²) in [6, 6.07) is 6.84. The zero-order valence-corrected chi connectivity index (χ0v) is 9.64. The minimum atomic E-state index is -0.377. The molecule has 1 aliphatic rings. The van der Waals surface area contributed by atoms with E-state index in [0.29, 0.717) is 17.7 Å². The van der Waals surface area contributed by atoms with Gasteiger partial charge in [-0.15, -0.1) is 0 Å². The Hall–Kier alpha value is -2.17. The molecule has 0 atom stereocenters. The van der Waals surface area contributed by atoms with Crippen molar-refractivity contribution in [1.82, 2.24) is 5.01 Å². The van der Waals surface area contributed by atoms with Crippen LogP contribution in [0.5, 0.6) is 0 Å². The van der Waals surface area contributed by atoms with Crippen molar-refractivity contribution >= 4 is 17.6 Å². The second kappa shape index (κ2) is 4.37. The molecule has 0 saturated heterocycles. The van der Waals surface area contributed by atoms with E-state index >= 15 is 0 Å². The normalized spacial score (nSPS) is 14.8. The van der Waals surface area contributed by atoms with Crippen LogP contribution in [0.15, 0.2) is 29.4 Å². The van der Waals surface area contributed by atoms with E-state index in [1.165, 1.54) is 12.1 Å². The molecule has 0 aromatic heterocycles. The van der Waals surface area contributed by atoms with E-state index in [1.54, 1.807) is 31.3 Å². The van der Waals surface area contributed by atoms with Crippen molar-refractivity contribution in [1.29, 1.82) is 0 Å². The highest BCUT2D eigenvalue weighted by molar-refractivity contribution is 6.13. The molecule has 0 saturated carbocycles. The molecule has 0 N–H and O–H groups in total. The quantitative estimate of drug-likeness (QED) is 0.716. The van der Waals surface area contributed by atoms with Gasteiger partial charge in [0.2, 0.25) is 5.91 Å². The largest absolute Gasteiger partial charge is 0.465 e. The van der Waals surface area contributed by atoms with Crippen LogP contribution in [-0.4, -0.2) is 36.8 Å². The molecule has 5 nitrogen and oxygen atoms in total. The Kier molecular flexibility index (Phi) is 2.91. The number of hydrazone groups is 1. The Morgan fingerprint density at radius 3 is 2.47 bits per heavy atom. The van der Waals surface area contributed by atoms with E-state index in [0.717, 1.165) is 5.56 Å². The highest BCUT2D eigenvalue weighted by atomic mass is 16.5. The minimum Gasteiger partial charge on any atom is -0.465 e. The SMILES string of the molecule is COC(=O)c1ccc(C2=NN(C)C(=O)C2)cc1. The zero-order chi connectivity index (χ0) is 12.4. The number of hydrogen-bond acceptors (Lipinski definition) is 4. The molecule has 1 heterocycles. The van der Waals surface area contributed by atoms with Gasteiger partial charge < -0.3 is 4.74 Å². The number of nitrogens with zero attached hydrogens (tertiary/aromatic N) is 2. The summed E-state index contributed by atoms with van der Waals surface area (Å²) < 4.78 is 4.60. The van der Waals surface area contributed by atoms with Gasteiger partial charge in [-0.25, -0.2) is 9.80 Å². The smallest absolute Gasteiger partial charge is 0.337 e. The lowest BCUT2D eigenvalue weighted by Crippen LogP contribution is -2.14. The van der Waals surface area contributed by atoms with Gasteiger partial charge in [-0.3, -0.25) is 4.79 Å². The van der Waals surface area contributed by atoms with Crippen molar-refractivity contribution in [2.45, 2.75) is 6.42 Å². The lowest BCUT2D eigenvalue weighted by molar-refractivity contribution is -0.127. The third-order valence-electron chi connectivity index (χ3n) is 2.59. The van der Waals surface area contributed by atoms with Crippen LogP contribution in [0.2, 0.25) is 0 Å². The van der Waals surface area contributed by atoms with Crippen LogP contribution < -0.4 is 0 Å². The molecule has 0 aliphatic carbocycles. The Balaban J connectivity index is 2.22. The fraction of sp³-hybridized carbons (Fsp3) is 0.250. The van der Waals surface area contributed by atoms with Gasteiger partial charge in [0.05, 0.1) is 24.8 Å². The maximum absolute atomic E-state index is 11.3. The molecule has 0 bridgehead atoms. The molecular weight excluding hydrogens is 220 g/mol. The molecule has 0 spiro atoms. The van der Waals surface area contributed by atoms with Crippen LogP contribution in [0, 0.1) is 0 Å². The van der Waals surface area contributed by atoms with Gasteiger partial charge in [0, 0.05) is 7.05 Å². The van der Waals surface area contributed by atoms with E-state index in [-0.39, 0.29) is 11.9 Å². The molecule has 0 radical (unpaired) electrons. The average Bonchev–Trinajstić information content (AvgIpc) is 2.69. The summed E-state index contributed by atoms with van der Waals surface area (Å²) in [5, 5.41) is 5.44. The number of carbonyl (C=O) groups is 2. The summed E-state index contributed by atoms with van der Waals surface area (Å²) in [6.07, 6.45) is 0.300. The fourth-order valence-electron chi connectivity index (χ4n) is 1.61. The summed E-state index contributed by atoms with van der Waals surface area (Å²) in [5.74, 6) is -0.407. The molecule has 5 heteroatoms. The number of amides is 1. The Morgan fingerprint density at radius 1 is 1.35 bits per heavy atom. The van der Waals surface area contributed by atoms with Gasteiger partial charge in [0.1, 0.15) is 0 Å². The monoisotopic (exact) mass is 232 g/mol. The molecule has 0 unspecified atom stereocenters. The highest BCUT2D eigenvalue weighted by Crippen LogP contribution is 2.14. The molecule has 88 valence electrons. The first-order valence-corrected chi connectivity index (χ1v) is 5.14. The van der Waals surface area contributed by atoms with Crippen molar-refractivity contribution in [2.75, 3.05) is 14.2 Å². The third kappa shape index (κ3) is 2.18. The van der Waals surface area contributed by atoms with E-state index < -0.39 is 0 Å². The topological polar surface area (TPSA) is 59.0 Å². The van der Waals surface area contributed by atoms with Crippen molar-refractivity contribution in [3.63, 3.8) is 0 Å². The summed E-state index contributed by atoms with van der Waals surface area (Å²) >= 11 is 0. The van der Waals surface area contributed by atoms with Crippen LogP contribution in [0.4, 0.5) is 0 Å². The van der Waals surface area contributed by atoms with E-state index in [4.69, 9.17) is 0 Å². The number of ether oxygens (including phenoxy) is 1. The van der Waals surface area contributed by atoms with Gasteiger partial charge in [0.15, 0.2) is 0 Å². The first-order chi connectivity index (χ1) is 8.11. The second-order valence-electron chi connectivity index (χ2n) is 3.71. The number of hydrogen-bond donors (Lipinski definition) is 0. The Morgan fingerprint density at radius 2 is 2.00 bits per heavy atom. The van der Waals surface area contributed by atoms with E-state index in [2.05, 4.69) is 9.84 Å².